The van der Waals surface area contributed by atoms with Crippen molar-refractivity contribution in [1.29, 1.82) is 0 Å². The predicted molar refractivity (Wildman–Crippen MR) is 55.7 cm³/mol. The lowest BCUT2D eigenvalue weighted by molar-refractivity contribution is -0.136. The minimum absolute atomic E-state index is 0.0308. The maximum atomic E-state index is 10.5. The molecule has 0 atom stereocenters. The minimum Gasteiger partial charge on any atom is -0.481 e. The van der Waals surface area contributed by atoms with Gasteiger partial charge in [0.05, 0.1) is 6.42 Å². The summed E-state index contributed by atoms with van der Waals surface area (Å²) in [6.45, 7) is 2.20. The van der Waals surface area contributed by atoms with E-state index in [2.05, 4.69) is 16.9 Å². The van der Waals surface area contributed by atoms with Gasteiger partial charge in [0.2, 0.25) is 0 Å². The Morgan fingerprint density at radius 2 is 2.27 bits per heavy atom. The van der Waals surface area contributed by atoms with Crippen molar-refractivity contribution >= 4 is 5.97 Å². The second-order valence-corrected chi connectivity index (χ2v) is 4.60. The first-order valence-corrected chi connectivity index (χ1v) is 5.36. The van der Waals surface area contributed by atoms with Crippen molar-refractivity contribution < 1.29 is 9.90 Å². The van der Waals surface area contributed by atoms with Crippen LogP contribution in [0.15, 0.2) is 6.20 Å². The third kappa shape index (κ3) is 2.03. The molecule has 1 heterocycles. The average Bonchev–Trinajstić information content (AvgIpc) is 2.74. The highest BCUT2D eigenvalue weighted by atomic mass is 16.4. The highest BCUT2D eigenvalue weighted by molar-refractivity contribution is 5.69. The van der Waals surface area contributed by atoms with Crippen LogP contribution >= 0.6 is 0 Å². The molecule has 0 saturated heterocycles. The van der Waals surface area contributed by atoms with Gasteiger partial charge in [0.15, 0.2) is 0 Å². The minimum atomic E-state index is -0.818. The van der Waals surface area contributed by atoms with E-state index in [9.17, 15) is 4.79 Å². The maximum Gasteiger partial charge on any atom is 0.309 e. The Balaban J connectivity index is 2.15. The van der Waals surface area contributed by atoms with Gasteiger partial charge in [-0.05, 0) is 12.8 Å². The first kappa shape index (κ1) is 10.2. The van der Waals surface area contributed by atoms with Crippen molar-refractivity contribution in [2.45, 2.75) is 44.4 Å². The number of nitrogens with zero attached hydrogens (tertiary/aromatic N) is 1. The Hall–Kier alpha value is -1.32. The highest BCUT2D eigenvalue weighted by Crippen LogP contribution is 2.38. The first-order valence-electron chi connectivity index (χ1n) is 5.36. The van der Waals surface area contributed by atoms with Gasteiger partial charge >= 0.3 is 5.97 Å². The summed E-state index contributed by atoms with van der Waals surface area (Å²) in [5.41, 5.74) is 0.835. The summed E-state index contributed by atoms with van der Waals surface area (Å²) < 4.78 is 0. The second kappa shape index (κ2) is 3.68. The molecular formula is C11H16N2O2. The largest absolute Gasteiger partial charge is 0.481 e. The average molecular weight is 208 g/mol. The second-order valence-electron chi connectivity index (χ2n) is 4.60. The zero-order valence-corrected chi connectivity index (χ0v) is 8.92. The number of imidazole rings is 1. The number of aromatic amines is 1. The monoisotopic (exact) mass is 208 g/mol. The van der Waals surface area contributed by atoms with E-state index in [1.54, 1.807) is 6.20 Å². The van der Waals surface area contributed by atoms with E-state index in [1.807, 2.05) is 0 Å². The number of hydrogen-bond donors (Lipinski definition) is 2. The number of carboxylic acid groups (broad SMARTS) is 1. The molecule has 82 valence electrons. The van der Waals surface area contributed by atoms with E-state index in [0.717, 1.165) is 18.7 Å². The van der Waals surface area contributed by atoms with Gasteiger partial charge in [-0.25, -0.2) is 4.98 Å². The summed E-state index contributed by atoms with van der Waals surface area (Å²) in [5, 5.41) is 8.66. The fourth-order valence-electron chi connectivity index (χ4n) is 2.31. The van der Waals surface area contributed by atoms with E-state index in [0.29, 0.717) is 5.69 Å². The number of carboxylic acids is 1. The molecule has 15 heavy (non-hydrogen) atoms. The van der Waals surface area contributed by atoms with Crippen LogP contribution in [0.25, 0.3) is 0 Å². The number of rotatable bonds is 3. The van der Waals surface area contributed by atoms with Crippen LogP contribution in [0.5, 0.6) is 0 Å². The van der Waals surface area contributed by atoms with Gasteiger partial charge in [0, 0.05) is 17.3 Å². The number of hydrogen-bond acceptors (Lipinski definition) is 2. The summed E-state index contributed by atoms with van der Waals surface area (Å²) in [4.78, 5) is 18.0. The van der Waals surface area contributed by atoms with E-state index < -0.39 is 5.97 Å². The van der Waals surface area contributed by atoms with Crippen molar-refractivity contribution in [1.82, 2.24) is 9.97 Å². The molecule has 4 heteroatoms. The molecule has 0 unspecified atom stereocenters. The first-order chi connectivity index (χ1) is 7.10. The normalized spacial score (nSPS) is 19.3. The summed E-state index contributed by atoms with van der Waals surface area (Å²) in [6, 6.07) is 0. The molecule has 2 N–H and O–H groups in total. The van der Waals surface area contributed by atoms with Crippen LogP contribution in [0.1, 0.15) is 44.1 Å². The molecule has 2 rings (SSSR count). The van der Waals surface area contributed by atoms with Gasteiger partial charge in [-0.1, -0.05) is 19.8 Å². The number of H-pyrrole nitrogens is 1. The van der Waals surface area contributed by atoms with Crippen molar-refractivity contribution in [3.8, 4) is 0 Å². The zero-order chi connectivity index (χ0) is 10.9. The highest BCUT2D eigenvalue weighted by Gasteiger charge is 2.33. The molecule has 0 aliphatic heterocycles. The lowest BCUT2D eigenvalue weighted by Crippen LogP contribution is -2.18. The Morgan fingerprint density at radius 1 is 1.60 bits per heavy atom. The van der Waals surface area contributed by atoms with Crippen molar-refractivity contribution in [2.24, 2.45) is 0 Å². The fourth-order valence-corrected chi connectivity index (χ4v) is 2.31. The molecule has 1 aliphatic carbocycles. The van der Waals surface area contributed by atoms with Gasteiger partial charge in [0.1, 0.15) is 5.82 Å². The Kier molecular flexibility index (Phi) is 2.50. The summed E-state index contributed by atoms with van der Waals surface area (Å²) in [7, 11) is 0. The number of aliphatic carboxylic acids is 1. The van der Waals surface area contributed by atoms with E-state index in [4.69, 9.17) is 5.11 Å². The molecule has 1 aromatic heterocycles. The van der Waals surface area contributed by atoms with Crippen LogP contribution in [0, 0.1) is 0 Å². The molecule has 0 radical (unpaired) electrons. The van der Waals surface area contributed by atoms with Crippen molar-refractivity contribution in [2.75, 3.05) is 0 Å². The van der Waals surface area contributed by atoms with E-state index >= 15 is 0 Å². The van der Waals surface area contributed by atoms with Gasteiger partial charge < -0.3 is 10.1 Å². The summed E-state index contributed by atoms with van der Waals surface area (Å²) >= 11 is 0. The van der Waals surface area contributed by atoms with Crippen LogP contribution in [0.4, 0.5) is 0 Å². The third-order valence-electron chi connectivity index (χ3n) is 3.25. The van der Waals surface area contributed by atoms with Gasteiger partial charge in [-0.3, -0.25) is 4.79 Å². The maximum absolute atomic E-state index is 10.5. The standard InChI is InChI=1S/C11H16N2O2/c1-11(4-2-3-5-11)10-12-7-8(13-10)6-9(14)15/h7H,2-6H2,1H3,(H,12,13)(H,14,15). The molecule has 0 spiro atoms. The van der Waals surface area contributed by atoms with E-state index in [1.165, 1.54) is 12.8 Å². The molecule has 0 bridgehead atoms. The molecule has 1 fully saturated rings. The van der Waals surface area contributed by atoms with Crippen molar-refractivity contribution in [3.05, 3.63) is 17.7 Å². The molecule has 0 amide bonds. The molecule has 1 aromatic rings. The molecule has 0 aromatic carbocycles. The van der Waals surface area contributed by atoms with Crippen LogP contribution in [-0.4, -0.2) is 21.0 Å². The predicted octanol–water partition coefficient (Wildman–Crippen LogP) is 1.87. The SMILES string of the molecule is CC1(c2ncc(CC(=O)O)[nH]2)CCCC1. The smallest absolute Gasteiger partial charge is 0.309 e. The fraction of sp³-hybridized carbons (Fsp3) is 0.636. The van der Waals surface area contributed by atoms with Crippen LogP contribution < -0.4 is 0 Å². The van der Waals surface area contributed by atoms with E-state index in [-0.39, 0.29) is 11.8 Å². The Morgan fingerprint density at radius 3 is 2.87 bits per heavy atom. The van der Waals surface area contributed by atoms with Gasteiger partial charge in [-0.2, -0.15) is 0 Å². The summed E-state index contributed by atoms with van der Waals surface area (Å²) in [5.74, 6) is 0.137. The quantitative estimate of drug-likeness (QED) is 0.796. The number of carbonyl (C=O) groups is 1. The Bertz CT molecular complexity index is 364. The topological polar surface area (TPSA) is 66.0 Å². The zero-order valence-electron chi connectivity index (χ0n) is 8.92. The lowest BCUT2D eigenvalue weighted by Gasteiger charge is -2.20. The molecular weight excluding hydrogens is 192 g/mol. The van der Waals surface area contributed by atoms with Crippen LogP contribution in [-0.2, 0) is 16.6 Å². The van der Waals surface area contributed by atoms with Crippen LogP contribution in [0.3, 0.4) is 0 Å². The van der Waals surface area contributed by atoms with Crippen LogP contribution in [0.2, 0.25) is 0 Å². The molecule has 4 nitrogen and oxygen atoms in total. The Labute approximate surface area is 88.7 Å². The molecule has 1 saturated carbocycles. The van der Waals surface area contributed by atoms with Gasteiger partial charge in [-0.15, -0.1) is 0 Å². The summed E-state index contributed by atoms with van der Waals surface area (Å²) in [6.07, 6.45) is 6.45. The number of nitrogens with one attached hydrogen (secondary N) is 1. The lowest BCUT2D eigenvalue weighted by atomic mass is 9.88. The van der Waals surface area contributed by atoms with Crippen molar-refractivity contribution in [3.63, 3.8) is 0 Å². The third-order valence-corrected chi connectivity index (χ3v) is 3.25. The molecule has 1 aliphatic rings. The number of aromatic nitrogens is 2. The van der Waals surface area contributed by atoms with Gasteiger partial charge in [0.25, 0.3) is 0 Å².